The molecule has 0 amide bonds. The summed E-state index contributed by atoms with van der Waals surface area (Å²) < 4.78 is 26.7. The first-order valence-electron chi connectivity index (χ1n) is 5.86. The number of likely N-dealkylation sites (N-methyl/N-ethyl adjacent to an activating group) is 1. The fraction of sp³-hybridized carbons (Fsp3) is 0.538. The number of hydrogen-bond donors (Lipinski definition) is 2. The van der Waals surface area contributed by atoms with Crippen molar-refractivity contribution in [2.75, 3.05) is 14.1 Å². The molecule has 18 heavy (non-hydrogen) atoms. The van der Waals surface area contributed by atoms with E-state index in [2.05, 4.69) is 5.43 Å². The van der Waals surface area contributed by atoms with Gasteiger partial charge in [-0.2, -0.15) is 0 Å². The Morgan fingerprint density at radius 1 is 1.33 bits per heavy atom. The van der Waals surface area contributed by atoms with Gasteiger partial charge in [-0.3, -0.25) is 11.3 Å². The molecule has 0 aliphatic rings. The normalized spacial score (nSPS) is 14.0. The maximum Gasteiger partial charge on any atom is 0.126 e. The van der Waals surface area contributed by atoms with E-state index in [0.717, 1.165) is 12.1 Å². The van der Waals surface area contributed by atoms with E-state index < -0.39 is 11.6 Å². The Hall–Kier alpha value is -1.04. The SMILES string of the molecule is CN(C)C(C)(C)C(Cc1cc(F)ccc1F)NN. The highest BCUT2D eigenvalue weighted by Gasteiger charge is 2.31. The average Bonchev–Trinajstić information content (AvgIpc) is 2.29. The first-order chi connectivity index (χ1) is 8.28. The smallest absolute Gasteiger partial charge is 0.126 e. The first kappa shape index (κ1) is 15.0. The van der Waals surface area contributed by atoms with Crippen LogP contribution in [0.2, 0.25) is 0 Å². The number of nitrogens with two attached hydrogens (primary N) is 1. The van der Waals surface area contributed by atoms with Crippen molar-refractivity contribution >= 4 is 0 Å². The number of nitrogens with one attached hydrogen (secondary N) is 1. The quantitative estimate of drug-likeness (QED) is 0.623. The largest absolute Gasteiger partial charge is 0.303 e. The summed E-state index contributed by atoms with van der Waals surface area (Å²) in [6, 6.07) is 3.27. The van der Waals surface area contributed by atoms with Crippen molar-refractivity contribution in [1.82, 2.24) is 10.3 Å². The third kappa shape index (κ3) is 3.25. The van der Waals surface area contributed by atoms with Crippen LogP contribution >= 0.6 is 0 Å². The van der Waals surface area contributed by atoms with E-state index in [1.165, 1.54) is 6.07 Å². The van der Waals surface area contributed by atoms with Gasteiger partial charge < -0.3 is 4.90 Å². The third-order valence-corrected chi connectivity index (χ3v) is 3.64. The summed E-state index contributed by atoms with van der Waals surface area (Å²) in [7, 11) is 3.85. The third-order valence-electron chi connectivity index (χ3n) is 3.64. The number of rotatable bonds is 5. The molecule has 0 heterocycles. The highest BCUT2D eigenvalue weighted by Crippen LogP contribution is 2.21. The van der Waals surface area contributed by atoms with Crippen molar-refractivity contribution in [3.63, 3.8) is 0 Å². The van der Waals surface area contributed by atoms with Crippen molar-refractivity contribution in [2.45, 2.75) is 31.8 Å². The van der Waals surface area contributed by atoms with Gasteiger partial charge in [-0.15, -0.1) is 0 Å². The van der Waals surface area contributed by atoms with Crippen LogP contribution in [-0.4, -0.2) is 30.6 Å². The summed E-state index contributed by atoms with van der Waals surface area (Å²) in [4.78, 5) is 1.99. The van der Waals surface area contributed by atoms with Crippen LogP contribution in [0.5, 0.6) is 0 Å². The minimum atomic E-state index is -0.440. The lowest BCUT2D eigenvalue weighted by molar-refractivity contribution is 0.137. The second-order valence-electron chi connectivity index (χ2n) is 5.21. The van der Waals surface area contributed by atoms with Crippen molar-refractivity contribution < 1.29 is 8.78 Å². The van der Waals surface area contributed by atoms with Crippen LogP contribution in [0.25, 0.3) is 0 Å². The highest BCUT2D eigenvalue weighted by atomic mass is 19.1. The number of hydrazine groups is 1. The van der Waals surface area contributed by atoms with Crippen LogP contribution in [0.3, 0.4) is 0 Å². The van der Waals surface area contributed by atoms with Gasteiger partial charge in [0.2, 0.25) is 0 Å². The van der Waals surface area contributed by atoms with Gasteiger partial charge in [0.15, 0.2) is 0 Å². The molecule has 0 aliphatic carbocycles. The predicted molar refractivity (Wildman–Crippen MR) is 68.9 cm³/mol. The summed E-state index contributed by atoms with van der Waals surface area (Å²) in [6.45, 7) is 3.99. The number of hydrogen-bond acceptors (Lipinski definition) is 3. The van der Waals surface area contributed by atoms with Crippen molar-refractivity contribution in [3.8, 4) is 0 Å². The number of halogens is 2. The Bertz CT molecular complexity index is 405. The summed E-state index contributed by atoms with van der Waals surface area (Å²) in [5.41, 5.74) is 2.73. The van der Waals surface area contributed by atoms with Crippen molar-refractivity contribution in [2.24, 2.45) is 5.84 Å². The molecular formula is C13H21F2N3. The monoisotopic (exact) mass is 257 g/mol. The molecule has 0 aromatic heterocycles. The van der Waals surface area contributed by atoms with Gasteiger partial charge >= 0.3 is 0 Å². The van der Waals surface area contributed by atoms with E-state index in [4.69, 9.17) is 5.84 Å². The van der Waals surface area contributed by atoms with Crippen LogP contribution in [0.1, 0.15) is 19.4 Å². The maximum absolute atomic E-state index is 13.6. The zero-order chi connectivity index (χ0) is 13.9. The minimum Gasteiger partial charge on any atom is -0.303 e. The molecule has 3 nitrogen and oxygen atoms in total. The van der Waals surface area contributed by atoms with Crippen molar-refractivity contribution in [1.29, 1.82) is 0 Å². The lowest BCUT2D eigenvalue weighted by Crippen LogP contribution is -2.58. The Morgan fingerprint density at radius 2 is 1.94 bits per heavy atom. The zero-order valence-electron chi connectivity index (χ0n) is 11.3. The van der Waals surface area contributed by atoms with Crippen LogP contribution in [0.15, 0.2) is 18.2 Å². The summed E-state index contributed by atoms with van der Waals surface area (Å²) in [5.74, 6) is 4.69. The molecular weight excluding hydrogens is 236 g/mol. The lowest BCUT2D eigenvalue weighted by atomic mass is 9.88. The van der Waals surface area contributed by atoms with Gasteiger partial charge in [0.05, 0.1) is 0 Å². The average molecular weight is 257 g/mol. The molecule has 0 aliphatic heterocycles. The fourth-order valence-corrected chi connectivity index (χ4v) is 1.74. The summed E-state index contributed by atoms with van der Waals surface area (Å²) in [5, 5.41) is 0. The first-order valence-corrected chi connectivity index (χ1v) is 5.86. The van der Waals surface area contributed by atoms with Crippen LogP contribution in [0, 0.1) is 11.6 Å². The van der Waals surface area contributed by atoms with Crippen LogP contribution < -0.4 is 11.3 Å². The number of benzene rings is 1. The summed E-state index contributed by atoms with van der Waals surface area (Å²) >= 11 is 0. The standard InChI is InChI=1S/C13H21F2N3/c1-13(2,18(3)4)12(17-16)8-9-7-10(14)5-6-11(9)15/h5-7,12,17H,8,16H2,1-4H3. The molecule has 1 atom stereocenters. The van der Waals surface area contributed by atoms with E-state index in [1.54, 1.807) is 0 Å². The maximum atomic E-state index is 13.6. The molecule has 3 N–H and O–H groups in total. The van der Waals surface area contributed by atoms with E-state index in [-0.39, 0.29) is 11.6 Å². The minimum absolute atomic E-state index is 0.191. The highest BCUT2D eigenvalue weighted by molar-refractivity contribution is 5.20. The van der Waals surface area contributed by atoms with Gasteiger partial charge in [-0.25, -0.2) is 8.78 Å². The molecule has 1 aromatic carbocycles. The summed E-state index contributed by atoms with van der Waals surface area (Å²) in [6.07, 6.45) is 0.325. The van der Waals surface area contributed by atoms with Gasteiger partial charge in [-0.1, -0.05) is 0 Å². The van der Waals surface area contributed by atoms with Gasteiger partial charge in [-0.05, 0) is 58.1 Å². The molecule has 5 heteroatoms. The predicted octanol–water partition coefficient (Wildman–Crippen LogP) is 1.68. The van der Waals surface area contributed by atoms with Gasteiger partial charge in [0.25, 0.3) is 0 Å². The molecule has 0 fully saturated rings. The second kappa shape index (κ2) is 5.73. The molecule has 0 saturated heterocycles. The Labute approximate surface area is 107 Å². The molecule has 1 unspecified atom stereocenters. The Balaban J connectivity index is 2.96. The van der Waals surface area contributed by atoms with Crippen LogP contribution in [0.4, 0.5) is 8.78 Å². The van der Waals surface area contributed by atoms with Crippen molar-refractivity contribution in [3.05, 3.63) is 35.4 Å². The topological polar surface area (TPSA) is 41.3 Å². The molecule has 0 bridgehead atoms. The molecule has 102 valence electrons. The molecule has 0 radical (unpaired) electrons. The van der Waals surface area contributed by atoms with E-state index >= 15 is 0 Å². The molecule has 1 aromatic rings. The van der Waals surface area contributed by atoms with E-state index in [9.17, 15) is 8.78 Å². The number of nitrogens with zero attached hydrogens (tertiary/aromatic N) is 1. The van der Waals surface area contributed by atoms with E-state index in [1.807, 2.05) is 32.8 Å². The molecule has 1 rings (SSSR count). The zero-order valence-corrected chi connectivity index (χ0v) is 11.3. The van der Waals surface area contributed by atoms with Gasteiger partial charge in [0, 0.05) is 11.6 Å². The molecule has 0 spiro atoms. The van der Waals surface area contributed by atoms with Gasteiger partial charge in [0.1, 0.15) is 11.6 Å². The fourth-order valence-electron chi connectivity index (χ4n) is 1.74. The van der Waals surface area contributed by atoms with Crippen LogP contribution in [-0.2, 0) is 6.42 Å². The Kier molecular flexibility index (Phi) is 4.78. The second-order valence-corrected chi connectivity index (χ2v) is 5.21. The Morgan fingerprint density at radius 3 is 2.44 bits per heavy atom. The lowest BCUT2D eigenvalue weighted by Gasteiger charge is -2.40. The molecule has 0 saturated carbocycles. The van der Waals surface area contributed by atoms with E-state index in [0.29, 0.717) is 12.0 Å².